The molecule has 0 aliphatic rings. The first kappa shape index (κ1) is 12.0. The molecule has 0 bridgehead atoms. The maximum atomic E-state index is 11.9. The Hall–Kier alpha value is -1.45. The van der Waals surface area contributed by atoms with E-state index in [2.05, 4.69) is 19.7 Å². The number of hydrogen-bond donors (Lipinski definition) is 3. The van der Waals surface area contributed by atoms with E-state index in [0.29, 0.717) is 11.5 Å². The lowest BCUT2D eigenvalue weighted by Crippen LogP contribution is -2.23. The van der Waals surface area contributed by atoms with Crippen LogP contribution in [0.4, 0.5) is 5.13 Å². The zero-order chi connectivity index (χ0) is 12.5. The van der Waals surface area contributed by atoms with Crippen molar-refractivity contribution in [3.8, 4) is 0 Å². The molecule has 0 spiro atoms. The highest BCUT2D eigenvalue weighted by molar-refractivity contribution is 7.91. The Bertz CT molecular complexity index is 602. The monoisotopic (exact) mass is 273 g/mol. The van der Waals surface area contributed by atoms with Crippen LogP contribution in [0.5, 0.6) is 0 Å². The summed E-state index contributed by atoms with van der Waals surface area (Å²) in [5.74, 6) is 0.545. The summed E-state index contributed by atoms with van der Waals surface area (Å²) >= 11 is 0.944. The van der Waals surface area contributed by atoms with Crippen molar-refractivity contribution in [2.75, 3.05) is 5.73 Å². The zero-order valence-corrected chi connectivity index (χ0v) is 10.6. The molecule has 0 unspecified atom stereocenters. The van der Waals surface area contributed by atoms with E-state index in [-0.39, 0.29) is 15.9 Å². The predicted molar refractivity (Wildman–Crippen MR) is 63.9 cm³/mol. The molecule has 0 saturated carbocycles. The SMILES string of the molecule is Cc1nc(N)sc1S(=O)(=O)NCc1ncc[nH]1. The van der Waals surface area contributed by atoms with Crippen LogP contribution in [0.3, 0.4) is 0 Å². The summed E-state index contributed by atoms with van der Waals surface area (Å²) in [6.07, 6.45) is 3.18. The van der Waals surface area contributed by atoms with Crippen molar-refractivity contribution in [3.63, 3.8) is 0 Å². The van der Waals surface area contributed by atoms with E-state index < -0.39 is 10.0 Å². The van der Waals surface area contributed by atoms with Gasteiger partial charge in [-0.1, -0.05) is 11.3 Å². The fourth-order valence-electron chi connectivity index (χ4n) is 1.28. The number of thiazole rings is 1. The molecule has 2 aromatic rings. The van der Waals surface area contributed by atoms with E-state index in [1.807, 2.05) is 0 Å². The van der Waals surface area contributed by atoms with Gasteiger partial charge < -0.3 is 10.7 Å². The van der Waals surface area contributed by atoms with Gasteiger partial charge in [0.2, 0.25) is 0 Å². The predicted octanol–water partition coefficient (Wildman–Crippen LogP) is 0.235. The van der Waals surface area contributed by atoms with Crippen molar-refractivity contribution >= 4 is 26.5 Å². The van der Waals surface area contributed by atoms with Crippen LogP contribution in [0.25, 0.3) is 0 Å². The standard InChI is InChI=1S/C8H11N5O2S2/c1-5-7(16-8(9)13-5)17(14,15)12-4-6-10-2-3-11-6/h2-3,12H,4H2,1H3,(H2,9,13)(H,10,11). The quantitative estimate of drug-likeness (QED) is 0.738. The van der Waals surface area contributed by atoms with Crippen molar-refractivity contribution < 1.29 is 8.42 Å². The summed E-state index contributed by atoms with van der Waals surface area (Å²) in [6, 6.07) is 0. The first-order chi connectivity index (χ1) is 7.99. The van der Waals surface area contributed by atoms with Crippen LogP contribution < -0.4 is 10.5 Å². The van der Waals surface area contributed by atoms with Crippen molar-refractivity contribution in [1.29, 1.82) is 0 Å². The van der Waals surface area contributed by atoms with Gasteiger partial charge >= 0.3 is 0 Å². The topological polar surface area (TPSA) is 114 Å². The molecular formula is C8H11N5O2S2. The average molecular weight is 273 g/mol. The van der Waals surface area contributed by atoms with Gasteiger partial charge in [-0.2, -0.15) is 0 Å². The van der Waals surface area contributed by atoms with Gasteiger partial charge in [0.25, 0.3) is 10.0 Å². The first-order valence-corrected chi connectivity index (χ1v) is 7.00. The summed E-state index contributed by atoms with van der Waals surface area (Å²) in [7, 11) is -3.58. The number of anilines is 1. The minimum atomic E-state index is -3.58. The number of nitrogens with one attached hydrogen (secondary N) is 2. The summed E-state index contributed by atoms with van der Waals surface area (Å²) in [4.78, 5) is 10.6. The van der Waals surface area contributed by atoms with Gasteiger partial charge in [-0.05, 0) is 6.92 Å². The Balaban J connectivity index is 2.17. The molecule has 4 N–H and O–H groups in total. The van der Waals surface area contributed by atoms with Crippen LogP contribution in [-0.4, -0.2) is 23.4 Å². The van der Waals surface area contributed by atoms with Crippen LogP contribution >= 0.6 is 11.3 Å². The van der Waals surface area contributed by atoms with Crippen LogP contribution in [0.2, 0.25) is 0 Å². The number of nitrogens with zero attached hydrogens (tertiary/aromatic N) is 2. The van der Waals surface area contributed by atoms with Crippen molar-refractivity contribution in [3.05, 3.63) is 23.9 Å². The molecule has 92 valence electrons. The van der Waals surface area contributed by atoms with E-state index in [1.165, 1.54) is 0 Å². The van der Waals surface area contributed by atoms with Gasteiger partial charge in [-0.3, -0.25) is 0 Å². The first-order valence-electron chi connectivity index (χ1n) is 4.70. The van der Waals surface area contributed by atoms with Gasteiger partial charge in [-0.15, -0.1) is 0 Å². The number of nitrogens with two attached hydrogens (primary N) is 1. The number of aromatic nitrogens is 3. The molecule has 0 saturated heterocycles. The van der Waals surface area contributed by atoms with Crippen LogP contribution in [0.15, 0.2) is 16.6 Å². The molecule has 0 aromatic carbocycles. The van der Waals surface area contributed by atoms with Crippen LogP contribution in [0, 0.1) is 6.92 Å². The Morgan fingerprint density at radius 3 is 2.88 bits per heavy atom. The second-order valence-electron chi connectivity index (χ2n) is 3.29. The molecule has 0 aliphatic heterocycles. The fraction of sp³-hybridized carbons (Fsp3) is 0.250. The molecule has 17 heavy (non-hydrogen) atoms. The lowest BCUT2D eigenvalue weighted by atomic mass is 10.6. The summed E-state index contributed by atoms with van der Waals surface area (Å²) < 4.78 is 26.4. The van der Waals surface area contributed by atoms with E-state index in [0.717, 1.165) is 11.3 Å². The molecule has 0 radical (unpaired) electrons. The molecule has 2 heterocycles. The van der Waals surface area contributed by atoms with E-state index in [9.17, 15) is 8.42 Å². The maximum absolute atomic E-state index is 11.9. The van der Waals surface area contributed by atoms with Gasteiger partial charge in [-0.25, -0.2) is 23.1 Å². The van der Waals surface area contributed by atoms with Gasteiger partial charge in [0.15, 0.2) is 9.34 Å². The maximum Gasteiger partial charge on any atom is 0.252 e. The normalized spacial score (nSPS) is 11.8. The van der Waals surface area contributed by atoms with Crippen molar-refractivity contribution in [1.82, 2.24) is 19.7 Å². The molecule has 2 aromatic heterocycles. The Labute approximate surface area is 102 Å². The third-order valence-corrected chi connectivity index (χ3v) is 5.00. The lowest BCUT2D eigenvalue weighted by molar-refractivity contribution is 0.581. The molecule has 0 amide bonds. The fourth-order valence-corrected chi connectivity index (χ4v) is 3.61. The second-order valence-corrected chi connectivity index (χ2v) is 6.28. The third-order valence-electron chi connectivity index (χ3n) is 2.00. The number of imidazole rings is 1. The molecule has 0 fully saturated rings. The van der Waals surface area contributed by atoms with E-state index in [1.54, 1.807) is 19.3 Å². The highest BCUT2D eigenvalue weighted by Gasteiger charge is 2.21. The molecule has 0 aliphatic carbocycles. The van der Waals surface area contributed by atoms with Crippen LogP contribution in [-0.2, 0) is 16.6 Å². The largest absolute Gasteiger partial charge is 0.375 e. The number of H-pyrrole nitrogens is 1. The van der Waals surface area contributed by atoms with Gasteiger partial charge in [0, 0.05) is 12.4 Å². The summed E-state index contributed by atoms with van der Waals surface area (Å²) in [5.41, 5.74) is 5.87. The zero-order valence-electron chi connectivity index (χ0n) is 8.97. The molecule has 7 nitrogen and oxygen atoms in total. The minimum Gasteiger partial charge on any atom is -0.375 e. The van der Waals surface area contributed by atoms with Crippen LogP contribution in [0.1, 0.15) is 11.5 Å². The summed E-state index contributed by atoms with van der Waals surface area (Å²) in [5, 5.41) is 0.237. The third kappa shape index (κ3) is 2.62. The Kier molecular flexibility index (Phi) is 3.13. The van der Waals surface area contributed by atoms with Gasteiger partial charge in [0.05, 0.1) is 12.2 Å². The highest BCUT2D eigenvalue weighted by atomic mass is 32.2. The number of nitrogen functional groups attached to an aromatic ring is 1. The number of hydrogen-bond acceptors (Lipinski definition) is 6. The van der Waals surface area contributed by atoms with E-state index in [4.69, 9.17) is 5.73 Å². The smallest absolute Gasteiger partial charge is 0.252 e. The number of sulfonamides is 1. The lowest BCUT2D eigenvalue weighted by Gasteiger charge is -2.02. The number of aryl methyl sites for hydroxylation is 1. The van der Waals surface area contributed by atoms with Crippen molar-refractivity contribution in [2.24, 2.45) is 0 Å². The average Bonchev–Trinajstić information content (AvgIpc) is 2.85. The Morgan fingerprint density at radius 2 is 2.35 bits per heavy atom. The molecule has 0 atom stereocenters. The highest BCUT2D eigenvalue weighted by Crippen LogP contribution is 2.24. The molecule has 9 heteroatoms. The Morgan fingerprint density at radius 1 is 1.59 bits per heavy atom. The molecular weight excluding hydrogens is 262 g/mol. The molecule has 2 rings (SSSR count). The number of aromatic amines is 1. The second kappa shape index (κ2) is 4.43. The number of rotatable bonds is 4. The minimum absolute atomic E-state index is 0.104. The van der Waals surface area contributed by atoms with Gasteiger partial charge in [0.1, 0.15) is 5.82 Å². The summed E-state index contributed by atoms with van der Waals surface area (Å²) in [6.45, 7) is 1.71. The van der Waals surface area contributed by atoms with E-state index >= 15 is 0 Å². The van der Waals surface area contributed by atoms with Crippen molar-refractivity contribution in [2.45, 2.75) is 17.7 Å².